The van der Waals surface area contributed by atoms with Gasteiger partial charge in [0, 0.05) is 5.70 Å². The van der Waals surface area contributed by atoms with E-state index in [4.69, 9.17) is 4.74 Å². The Balaban J connectivity index is 2.16. The number of rotatable bonds is 8. The number of fused-ring (bicyclic) bond motifs is 2. The monoisotopic (exact) mass is 405 g/mol. The number of hydrogen-bond donors (Lipinski definition) is 0. The molecule has 0 saturated carbocycles. The largest absolute Gasteiger partial charge is 0.453 e. The smallest absolute Gasteiger partial charge is 0.151 e. The van der Waals surface area contributed by atoms with Crippen LogP contribution in [0, 0.1) is 0 Å². The van der Waals surface area contributed by atoms with Crippen molar-refractivity contribution in [2.45, 2.75) is 91.4 Å². The van der Waals surface area contributed by atoms with Crippen LogP contribution in [0.25, 0.3) is 0 Å². The van der Waals surface area contributed by atoms with Gasteiger partial charge in [0.2, 0.25) is 0 Å². The van der Waals surface area contributed by atoms with E-state index in [9.17, 15) is 0 Å². The average molecular weight is 406 g/mol. The second-order valence-corrected chi connectivity index (χ2v) is 9.26. The van der Waals surface area contributed by atoms with Crippen LogP contribution in [0.3, 0.4) is 0 Å². The van der Waals surface area contributed by atoms with E-state index in [1.807, 2.05) is 0 Å². The summed E-state index contributed by atoms with van der Waals surface area (Å²) in [6, 6.07) is 13.5. The van der Waals surface area contributed by atoms with Gasteiger partial charge in [-0.2, -0.15) is 0 Å². The molecular formula is C28H39NO. The van der Waals surface area contributed by atoms with Gasteiger partial charge in [-0.15, -0.1) is 0 Å². The predicted octanol–water partition coefficient (Wildman–Crippen LogP) is 9.01. The molecule has 1 heterocycles. The van der Waals surface area contributed by atoms with E-state index in [0.29, 0.717) is 0 Å². The standard InChI is InChI=1S/C28H39NO/c1-9-20(6)29-23-16-14-21(27(7,10-2)11-3)18-25(23)30-26-19-22(15-17-24(26)29)28(8,12-4)13-5/h14-19H,6,9-13H2,1-5,7-8H3. The lowest BCUT2D eigenvalue weighted by Gasteiger charge is -2.37. The topological polar surface area (TPSA) is 12.5 Å². The summed E-state index contributed by atoms with van der Waals surface area (Å²) in [5, 5.41) is 0. The van der Waals surface area contributed by atoms with Crippen LogP contribution >= 0.6 is 0 Å². The van der Waals surface area contributed by atoms with Crippen LogP contribution in [0.5, 0.6) is 11.5 Å². The van der Waals surface area contributed by atoms with Crippen molar-refractivity contribution >= 4 is 11.4 Å². The summed E-state index contributed by atoms with van der Waals surface area (Å²) in [5.41, 5.74) is 6.29. The van der Waals surface area contributed by atoms with Crippen molar-refractivity contribution in [1.82, 2.24) is 0 Å². The molecule has 0 radical (unpaired) electrons. The van der Waals surface area contributed by atoms with E-state index in [0.717, 1.165) is 60.7 Å². The molecule has 3 rings (SSSR count). The Bertz CT molecular complexity index is 851. The van der Waals surface area contributed by atoms with Gasteiger partial charge in [0.1, 0.15) is 0 Å². The second-order valence-electron chi connectivity index (χ2n) is 9.26. The van der Waals surface area contributed by atoms with E-state index >= 15 is 0 Å². The van der Waals surface area contributed by atoms with Crippen molar-refractivity contribution in [2.24, 2.45) is 0 Å². The maximum Gasteiger partial charge on any atom is 0.151 e. The summed E-state index contributed by atoms with van der Waals surface area (Å²) in [6.07, 6.45) is 5.34. The van der Waals surface area contributed by atoms with Gasteiger partial charge in [-0.25, -0.2) is 0 Å². The van der Waals surface area contributed by atoms with Crippen molar-refractivity contribution in [3.8, 4) is 11.5 Å². The van der Waals surface area contributed by atoms with Crippen LogP contribution < -0.4 is 9.64 Å². The van der Waals surface area contributed by atoms with Gasteiger partial charge in [0.15, 0.2) is 11.5 Å². The second kappa shape index (κ2) is 8.49. The van der Waals surface area contributed by atoms with Gasteiger partial charge in [0.25, 0.3) is 0 Å². The maximum absolute atomic E-state index is 6.57. The number of ether oxygens (including phenoxy) is 1. The molecule has 0 spiro atoms. The van der Waals surface area contributed by atoms with Gasteiger partial charge >= 0.3 is 0 Å². The van der Waals surface area contributed by atoms with Crippen LogP contribution in [0.4, 0.5) is 11.4 Å². The quantitative estimate of drug-likeness (QED) is 0.434. The lowest BCUT2D eigenvalue weighted by Crippen LogP contribution is -2.24. The number of benzene rings is 2. The molecule has 162 valence electrons. The lowest BCUT2D eigenvalue weighted by molar-refractivity contribution is 0.425. The van der Waals surface area contributed by atoms with Gasteiger partial charge in [-0.1, -0.05) is 67.2 Å². The minimum atomic E-state index is 0.163. The zero-order chi connectivity index (χ0) is 22.1. The Kier molecular flexibility index (Phi) is 6.36. The molecule has 0 fully saturated rings. The summed E-state index contributed by atoms with van der Waals surface area (Å²) >= 11 is 0. The van der Waals surface area contributed by atoms with E-state index in [-0.39, 0.29) is 10.8 Å². The fourth-order valence-corrected chi connectivity index (χ4v) is 4.38. The number of hydrogen-bond acceptors (Lipinski definition) is 2. The molecule has 30 heavy (non-hydrogen) atoms. The summed E-state index contributed by atoms with van der Waals surface area (Å²) in [7, 11) is 0. The molecule has 2 aromatic carbocycles. The van der Waals surface area contributed by atoms with Crippen molar-refractivity contribution in [2.75, 3.05) is 4.90 Å². The molecule has 0 N–H and O–H groups in total. The van der Waals surface area contributed by atoms with Crippen LogP contribution in [-0.2, 0) is 10.8 Å². The summed E-state index contributed by atoms with van der Waals surface area (Å²) in [5.74, 6) is 1.88. The summed E-state index contributed by atoms with van der Waals surface area (Å²) in [6.45, 7) is 20.3. The van der Waals surface area contributed by atoms with Crippen molar-refractivity contribution in [3.05, 3.63) is 59.8 Å². The third-order valence-corrected chi connectivity index (χ3v) is 7.86. The Morgan fingerprint density at radius 1 is 0.767 bits per heavy atom. The van der Waals surface area contributed by atoms with Gasteiger partial charge in [0.05, 0.1) is 11.4 Å². The highest BCUT2D eigenvalue weighted by molar-refractivity contribution is 5.81. The third-order valence-electron chi connectivity index (χ3n) is 7.86. The first kappa shape index (κ1) is 22.5. The minimum absolute atomic E-state index is 0.163. The van der Waals surface area contributed by atoms with Crippen LogP contribution in [-0.4, -0.2) is 0 Å². The maximum atomic E-state index is 6.57. The van der Waals surface area contributed by atoms with Crippen LogP contribution in [0.15, 0.2) is 48.7 Å². The molecule has 0 bridgehead atoms. The van der Waals surface area contributed by atoms with E-state index in [2.05, 4.69) is 96.3 Å². The molecule has 2 heteroatoms. The van der Waals surface area contributed by atoms with E-state index in [1.54, 1.807) is 0 Å². The molecule has 0 amide bonds. The van der Waals surface area contributed by atoms with Crippen molar-refractivity contribution < 1.29 is 4.74 Å². The molecule has 0 saturated heterocycles. The first-order valence-corrected chi connectivity index (χ1v) is 11.7. The highest BCUT2D eigenvalue weighted by Crippen LogP contribution is 2.51. The molecule has 1 aliphatic rings. The molecule has 2 nitrogen and oxygen atoms in total. The molecule has 0 atom stereocenters. The summed E-state index contributed by atoms with van der Waals surface area (Å²) in [4.78, 5) is 2.28. The Hall–Kier alpha value is -2.22. The van der Waals surface area contributed by atoms with Crippen LogP contribution in [0.2, 0.25) is 0 Å². The number of allylic oxidation sites excluding steroid dienone is 1. The average Bonchev–Trinajstić information content (AvgIpc) is 2.80. The zero-order valence-electron chi connectivity index (χ0n) is 20.1. The molecule has 0 unspecified atom stereocenters. The van der Waals surface area contributed by atoms with Gasteiger partial charge in [-0.3, -0.25) is 0 Å². The predicted molar refractivity (Wildman–Crippen MR) is 130 cm³/mol. The zero-order valence-corrected chi connectivity index (χ0v) is 20.1. The Labute approximate surface area is 184 Å². The molecule has 2 aromatic rings. The number of nitrogens with zero attached hydrogens (tertiary/aromatic N) is 1. The minimum Gasteiger partial charge on any atom is -0.453 e. The van der Waals surface area contributed by atoms with Crippen molar-refractivity contribution in [3.63, 3.8) is 0 Å². The molecule has 0 aliphatic carbocycles. The van der Waals surface area contributed by atoms with Crippen LogP contribution in [0.1, 0.15) is 91.7 Å². The Morgan fingerprint density at radius 2 is 1.17 bits per heavy atom. The highest BCUT2D eigenvalue weighted by atomic mass is 16.5. The van der Waals surface area contributed by atoms with Crippen molar-refractivity contribution in [1.29, 1.82) is 0 Å². The van der Waals surface area contributed by atoms with Gasteiger partial charge < -0.3 is 9.64 Å². The highest BCUT2D eigenvalue weighted by Gasteiger charge is 2.31. The van der Waals surface area contributed by atoms with E-state index in [1.165, 1.54) is 11.1 Å². The third kappa shape index (κ3) is 3.66. The fourth-order valence-electron chi connectivity index (χ4n) is 4.38. The normalized spacial score (nSPS) is 13.5. The lowest BCUT2D eigenvalue weighted by atomic mass is 9.77. The first-order chi connectivity index (χ1) is 14.3. The Morgan fingerprint density at radius 3 is 1.50 bits per heavy atom. The summed E-state index contributed by atoms with van der Waals surface area (Å²) < 4.78 is 6.57. The van der Waals surface area contributed by atoms with Gasteiger partial charge in [-0.05, 0) is 78.3 Å². The fraction of sp³-hybridized carbons (Fsp3) is 0.500. The molecule has 0 aromatic heterocycles. The SMILES string of the molecule is C=C(CC)N1c2ccc(C(C)(CC)CC)cc2Oc2cc(C(C)(CC)CC)ccc21. The first-order valence-electron chi connectivity index (χ1n) is 11.7. The number of anilines is 2. The molecule has 1 aliphatic heterocycles. The van der Waals surface area contributed by atoms with E-state index < -0.39 is 0 Å². The molecular weight excluding hydrogens is 366 g/mol.